The Hall–Kier alpha value is -0.670. The molecule has 64 valence electrons. The summed E-state index contributed by atoms with van der Waals surface area (Å²) in [5.41, 5.74) is -0.254. The van der Waals surface area contributed by atoms with Crippen molar-refractivity contribution in [3.05, 3.63) is 34.4 Å². The molecule has 0 bridgehead atoms. The van der Waals surface area contributed by atoms with Crippen molar-refractivity contribution in [3.63, 3.8) is 0 Å². The van der Waals surface area contributed by atoms with Gasteiger partial charge in [-0.1, -0.05) is 11.6 Å². The van der Waals surface area contributed by atoms with Crippen molar-refractivity contribution in [1.82, 2.24) is 0 Å². The van der Waals surface area contributed by atoms with Gasteiger partial charge < -0.3 is 0 Å². The molecule has 0 spiro atoms. The van der Waals surface area contributed by atoms with Crippen LogP contribution in [0.3, 0.4) is 0 Å². The lowest BCUT2D eigenvalue weighted by molar-refractivity contribution is 0.108. The fraction of sp³-hybridized carbons (Fsp3) is 0. The third kappa shape index (κ3) is 1.73. The average molecular weight is 211 g/mol. The van der Waals surface area contributed by atoms with Crippen LogP contribution in [0.5, 0.6) is 0 Å². The van der Waals surface area contributed by atoms with Gasteiger partial charge in [-0.25, -0.2) is 8.78 Å². The van der Waals surface area contributed by atoms with Crippen LogP contribution in [0.4, 0.5) is 8.78 Å². The minimum Gasteiger partial charge on any atom is -0.276 e. The highest BCUT2D eigenvalue weighted by atomic mass is 35.5. The number of benzene rings is 1. The first-order valence-electron chi connectivity index (χ1n) is 2.86. The van der Waals surface area contributed by atoms with Crippen LogP contribution in [0.15, 0.2) is 12.1 Å². The molecule has 0 unspecified atom stereocenters. The first kappa shape index (κ1) is 9.42. The van der Waals surface area contributed by atoms with E-state index in [4.69, 9.17) is 23.2 Å². The van der Waals surface area contributed by atoms with Crippen LogP contribution in [0.2, 0.25) is 5.02 Å². The van der Waals surface area contributed by atoms with Gasteiger partial charge in [0.25, 0.3) is 5.24 Å². The lowest BCUT2D eigenvalue weighted by Gasteiger charge is -1.98. The summed E-state index contributed by atoms with van der Waals surface area (Å²) in [5, 5.41) is -1.57. The SMILES string of the molecule is O=C(Cl)c1cc(F)c(Cl)c(F)c1. The van der Waals surface area contributed by atoms with Gasteiger partial charge in [0.05, 0.1) is 0 Å². The molecule has 0 atom stereocenters. The Bertz CT molecular complexity index is 315. The summed E-state index contributed by atoms with van der Waals surface area (Å²) >= 11 is 10.1. The minimum atomic E-state index is -0.999. The van der Waals surface area contributed by atoms with Crippen molar-refractivity contribution in [3.8, 4) is 0 Å². The topological polar surface area (TPSA) is 17.1 Å². The molecule has 0 heterocycles. The van der Waals surface area contributed by atoms with Gasteiger partial charge in [-0.2, -0.15) is 0 Å². The maximum absolute atomic E-state index is 12.6. The van der Waals surface area contributed by atoms with Gasteiger partial charge in [-0.15, -0.1) is 0 Å². The number of hydrogen-bond acceptors (Lipinski definition) is 1. The summed E-state index contributed by atoms with van der Waals surface area (Å²) < 4.78 is 25.2. The van der Waals surface area contributed by atoms with Gasteiger partial charge in [-0.05, 0) is 23.7 Å². The molecule has 0 aliphatic carbocycles. The van der Waals surface area contributed by atoms with Crippen LogP contribution >= 0.6 is 23.2 Å². The second kappa shape index (κ2) is 3.37. The Morgan fingerprint density at radius 3 is 2.00 bits per heavy atom. The highest BCUT2D eigenvalue weighted by Crippen LogP contribution is 2.21. The molecular formula is C7H2Cl2F2O. The number of hydrogen-bond donors (Lipinski definition) is 0. The molecule has 0 aromatic heterocycles. The predicted molar refractivity (Wildman–Crippen MR) is 41.6 cm³/mol. The molecular weight excluding hydrogens is 209 g/mol. The van der Waals surface area contributed by atoms with Crippen molar-refractivity contribution in [2.75, 3.05) is 0 Å². The van der Waals surface area contributed by atoms with Gasteiger partial charge >= 0.3 is 0 Å². The standard InChI is InChI=1S/C7H2Cl2F2O/c8-6-4(10)1-3(7(9)12)2-5(6)11/h1-2H. The van der Waals surface area contributed by atoms with E-state index in [0.29, 0.717) is 0 Å². The number of rotatable bonds is 1. The second-order valence-corrected chi connectivity index (χ2v) is 2.75. The van der Waals surface area contributed by atoms with Crippen LogP contribution in [-0.2, 0) is 0 Å². The van der Waals surface area contributed by atoms with E-state index in [1.165, 1.54) is 0 Å². The first-order chi connectivity index (χ1) is 5.52. The summed E-state index contributed by atoms with van der Waals surface area (Å²) in [6.07, 6.45) is 0. The second-order valence-electron chi connectivity index (χ2n) is 2.03. The summed E-state index contributed by atoms with van der Waals surface area (Å²) in [6, 6.07) is 1.56. The Kier molecular flexibility index (Phi) is 2.65. The smallest absolute Gasteiger partial charge is 0.252 e. The molecule has 0 saturated carbocycles. The molecule has 0 amide bonds. The maximum atomic E-state index is 12.6. The van der Waals surface area contributed by atoms with Crippen molar-refractivity contribution in [2.24, 2.45) is 0 Å². The zero-order valence-corrected chi connectivity index (χ0v) is 7.09. The fourth-order valence-corrected chi connectivity index (χ4v) is 0.887. The van der Waals surface area contributed by atoms with Crippen molar-refractivity contribution in [1.29, 1.82) is 0 Å². The third-order valence-corrected chi connectivity index (χ3v) is 1.79. The van der Waals surface area contributed by atoms with Crippen molar-refractivity contribution in [2.45, 2.75) is 0 Å². The van der Waals surface area contributed by atoms with Crippen molar-refractivity contribution >= 4 is 28.4 Å². The van der Waals surface area contributed by atoms with Crippen LogP contribution in [-0.4, -0.2) is 5.24 Å². The first-order valence-corrected chi connectivity index (χ1v) is 3.62. The summed E-state index contributed by atoms with van der Waals surface area (Å²) in [4.78, 5) is 10.5. The molecule has 0 aliphatic heterocycles. The lowest BCUT2D eigenvalue weighted by Crippen LogP contribution is -1.93. The van der Waals surface area contributed by atoms with Gasteiger partial charge in [-0.3, -0.25) is 4.79 Å². The zero-order chi connectivity index (χ0) is 9.30. The monoisotopic (exact) mass is 210 g/mol. The number of carbonyl (C=O) groups excluding carboxylic acids is 1. The van der Waals surface area contributed by atoms with Crippen molar-refractivity contribution < 1.29 is 13.6 Å². The average Bonchev–Trinajstić information content (AvgIpc) is 1.99. The van der Waals surface area contributed by atoms with Crippen LogP contribution in [0.1, 0.15) is 10.4 Å². The Morgan fingerprint density at radius 1 is 1.25 bits per heavy atom. The maximum Gasteiger partial charge on any atom is 0.252 e. The zero-order valence-electron chi connectivity index (χ0n) is 5.57. The highest BCUT2D eigenvalue weighted by Gasteiger charge is 2.11. The van der Waals surface area contributed by atoms with E-state index in [1.54, 1.807) is 0 Å². The minimum absolute atomic E-state index is 0.254. The Balaban J connectivity index is 3.31. The summed E-state index contributed by atoms with van der Waals surface area (Å²) in [5.74, 6) is -2.00. The van der Waals surface area contributed by atoms with E-state index in [9.17, 15) is 13.6 Å². The Labute approximate surface area is 76.9 Å². The normalized spacial score (nSPS) is 10.0. The molecule has 0 N–H and O–H groups in total. The quantitative estimate of drug-likeness (QED) is 0.515. The van der Waals surface area contributed by atoms with Crippen LogP contribution < -0.4 is 0 Å². The van der Waals surface area contributed by atoms with E-state index in [2.05, 4.69) is 0 Å². The van der Waals surface area contributed by atoms with Gasteiger partial charge in [0.15, 0.2) is 0 Å². The van der Waals surface area contributed by atoms with E-state index >= 15 is 0 Å². The largest absolute Gasteiger partial charge is 0.276 e. The fourth-order valence-electron chi connectivity index (χ4n) is 0.669. The van der Waals surface area contributed by atoms with Crippen LogP contribution in [0.25, 0.3) is 0 Å². The third-order valence-electron chi connectivity index (χ3n) is 1.21. The van der Waals surface area contributed by atoms with E-state index in [0.717, 1.165) is 12.1 Å². The van der Waals surface area contributed by atoms with E-state index in [1.807, 2.05) is 0 Å². The van der Waals surface area contributed by atoms with E-state index < -0.39 is 21.9 Å². The molecule has 1 rings (SSSR count). The lowest BCUT2D eigenvalue weighted by atomic mass is 10.2. The molecule has 0 fully saturated rings. The highest BCUT2D eigenvalue weighted by molar-refractivity contribution is 6.67. The molecule has 0 radical (unpaired) electrons. The predicted octanol–water partition coefficient (Wildman–Crippen LogP) is 3.00. The van der Waals surface area contributed by atoms with Gasteiger partial charge in [0, 0.05) is 5.56 Å². The summed E-state index contributed by atoms with van der Waals surface area (Å²) in [6.45, 7) is 0. The molecule has 12 heavy (non-hydrogen) atoms. The van der Waals surface area contributed by atoms with E-state index in [-0.39, 0.29) is 5.56 Å². The summed E-state index contributed by atoms with van der Waals surface area (Å²) in [7, 11) is 0. The number of carbonyl (C=O) groups is 1. The van der Waals surface area contributed by atoms with Gasteiger partial charge in [0.2, 0.25) is 0 Å². The molecule has 1 nitrogen and oxygen atoms in total. The molecule has 0 saturated heterocycles. The molecule has 1 aromatic rings. The van der Waals surface area contributed by atoms with Crippen LogP contribution in [0, 0.1) is 11.6 Å². The number of halogens is 4. The molecule has 5 heteroatoms. The molecule has 1 aromatic carbocycles. The van der Waals surface area contributed by atoms with Gasteiger partial charge in [0.1, 0.15) is 16.7 Å². The Morgan fingerprint density at radius 2 is 1.67 bits per heavy atom. The molecule has 0 aliphatic rings.